The molecule has 0 N–H and O–H groups in total. The molecule has 0 amide bonds. The van der Waals surface area contributed by atoms with Crippen molar-refractivity contribution < 1.29 is 9.53 Å². The molecule has 0 spiro atoms. The number of hydrogen-bond donors (Lipinski definition) is 0. The molecule has 0 radical (unpaired) electrons. The first-order chi connectivity index (χ1) is 8.27. The third kappa shape index (κ3) is 5.18. The van der Waals surface area contributed by atoms with Crippen LogP contribution in [0, 0.1) is 0 Å². The minimum Gasteiger partial charge on any atom is -0.494 e. The second kappa shape index (κ2) is 8.07. The number of unbranched alkanes of at least 4 members (excludes halogenated alkanes) is 3. The summed E-state index contributed by atoms with van der Waals surface area (Å²) < 4.78 is 6.38. The minimum absolute atomic E-state index is 0.620. The van der Waals surface area contributed by atoms with Gasteiger partial charge in [0.05, 0.1) is 6.61 Å². The second-order valence-corrected chi connectivity index (χ2v) is 4.64. The van der Waals surface area contributed by atoms with E-state index in [9.17, 15) is 4.79 Å². The fourth-order valence-electron chi connectivity index (χ4n) is 1.46. The van der Waals surface area contributed by atoms with E-state index < -0.39 is 0 Å². The summed E-state index contributed by atoms with van der Waals surface area (Å²) in [4.78, 5) is 10.7. The zero-order valence-electron chi connectivity index (χ0n) is 9.82. The van der Waals surface area contributed by atoms with Crippen LogP contribution in [0.5, 0.6) is 5.75 Å². The standard InChI is InChI=1S/C14H17BrO2/c1-2-3-4-5-6-9-17-13-7-8-14(15)12(10-13)11-16/h2,7-8,10-11H,1,3-6,9H2. The summed E-state index contributed by atoms with van der Waals surface area (Å²) in [6.07, 6.45) is 7.15. The molecule has 1 aromatic carbocycles. The Morgan fingerprint density at radius 3 is 2.82 bits per heavy atom. The van der Waals surface area contributed by atoms with Crippen molar-refractivity contribution in [3.05, 3.63) is 40.9 Å². The fourth-order valence-corrected chi connectivity index (χ4v) is 1.80. The molecule has 0 aliphatic carbocycles. The van der Waals surface area contributed by atoms with Crippen LogP contribution >= 0.6 is 15.9 Å². The highest BCUT2D eigenvalue weighted by Gasteiger charge is 2.01. The highest BCUT2D eigenvalue weighted by atomic mass is 79.9. The molecule has 0 aromatic heterocycles. The van der Waals surface area contributed by atoms with Gasteiger partial charge in [-0.1, -0.05) is 22.0 Å². The summed E-state index contributed by atoms with van der Waals surface area (Å²) in [5, 5.41) is 0. The van der Waals surface area contributed by atoms with E-state index in [4.69, 9.17) is 4.74 Å². The first-order valence-electron chi connectivity index (χ1n) is 5.76. The van der Waals surface area contributed by atoms with Gasteiger partial charge in [-0.05, 0) is 43.9 Å². The third-order valence-corrected chi connectivity index (χ3v) is 3.14. The van der Waals surface area contributed by atoms with E-state index in [2.05, 4.69) is 22.5 Å². The molecule has 0 unspecified atom stereocenters. The molecule has 0 saturated heterocycles. The fraction of sp³-hybridized carbons (Fsp3) is 0.357. The minimum atomic E-state index is 0.620. The number of carbonyl (C=O) groups excluding carboxylic acids is 1. The quantitative estimate of drug-likeness (QED) is 0.404. The van der Waals surface area contributed by atoms with Crippen LogP contribution in [0.3, 0.4) is 0 Å². The lowest BCUT2D eigenvalue weighted by Crippen LogP contribution is -1.98. The Kier molecular flexibility index (Phi) is 6.63. The van der Waals surface area contributed by atoms with Gasteiger partial charge in [-0.15, -0.1) is 6.58 Å². The number of carbonyl (C=O) groups is 1. The zero-order valence-corrected chi connectivity index (χ0v) is 11.4. The van der Waals surface area contributed by atoms with Crippen LogP contribution in [0.4, 0.5) is 0 Å². The van der Waals surface area contributed by atoms with Crippen molar-refractivity contribution in [2.75, 3.05) is 6.61 Å². The highest BCUT2D eigenvalue weighted by Crippen LogP contribution is 2.21. The van der Waals surface area contributed by atoms with Gasteiger partial charge in [-0.2, -0.15) is 0 Å². The molecule has 0 bridgehead atoms. The summed E-state index contributed by atoms with van der Waals surface area (Å²) in [6, 6.07) is 5.44. The number of benzene rings is 1. The normalized spacial score (nSPS) is 9.94. The largest absolute Gasteiger partial charge is 0.494 e. The van der Waals surface area contributed by atoms with Crippen molar-refractivity contribution in [1.29, 1.82) is 0 Å². The number of hydrogen-bond acceptors (Lipinski definition) is 2. The van der Waals surface area contributed by atoms with Gasteiger partial charge in [0.1, 0.15) is 5.75 Å². The van der Waals surface area contributed by atoms with Crippen LogP contribution in [0.25, 0.3) is 0 Å². The maximum Gasteiger partial charge on any atom is 0.151 e. The molecule has 3 heteroatoms. The van der Waals surface area contributed by atoms with E-state index in [0.29, 0.717) is 12.2 Å². The molecule has 0 aliphatic rings. The van der Waals surface area contributed by atoms with Crippen LogP contribution in [0.1, 0.15) is 36.0 Å². The number of halogens is 1. The average Bonchev–Trinajstić information content (AvgIpc) is 2.35. The van der Waals surface area contributed by atoms with Crippen LogP contribution < -0.4 is 4.74 Å². The van der Waals surface area contributed by atoms with E-state index in [1.165, 1.54) is 0 Å². The number of allylic oxidation sites excluding steroid dienone is 1. The molecule has 0 atom stereocenters. The maximum atomic E-state index is 10.7. The van der Waals surface area contributed by atoms with Crippen LogP contribution in [0.2, 0.25) is 0 Å². The molecule has 0 fully saturated rings. The SMILES string of the molecule is C=CCCCCCOc1ccc(Br)c(C=O)c1. The van der Waals surface area contributed by atoms with Crippen molar-refractivity contribution in [2.24, 2.45) is 0 Å². The lowest BCUT2D eigenvalue weighted by molar-refractivity contribution is 0.112. The van der Waals surface area contributed by atoms with Crippen molar-refractivity contribution in [2.45, 2.75) is 25.7 Å². The molecule has 0 saturated carbocycles. The molecular formula is C14H17BrO2. The maximum absolute atomic E-state index is 10.7. The lowest BCUT2D eigenvalue weighted by atomic mass is 10.2. The topological polar surface area (TPSA) is 26.3 Å². The average molecular weight is 297 g/mol. The smallest absolute Gasteiger partial charge is 0.151 e. The Morgan fingerprint density at radius 1 is 1.29 bits per heavy atom. The van der Waals surface area contributed by atoms with Gasteiger partial charge in [0.2, 0.25) is 0 Å². The Balaban J connectivity index is 2.31. The van der Waals surface area contributed by atoms with Gasteiger partial charge in [0.25, 0.3) is 0 Å². The number of ether oxygens (including phenoxy) is 1. The molecule has 17 heavy (non-hydrogen) atoms. The van der Waals surface area contributed by atoms with Gasteiger partial charge in [0, 0.05) is 10.0 Å². The highest BCUT2D eigenvalue weighted by molar-refractivity contribution is 9.10. The summed E-state index contributed by atoms with van der Waals surface area (Å²) in [7, 11) is 0. The van der Waals surface area contributed by atoms with Crippen LogP contribution in [-0.4, -0.2) is 12.9 Å². The van der Waals surface area contributed by atoms with E-state index in [0.717, 1.165) is 42.2 Å². The van der Waals surface area contributed by atoms with Crippen LogP contribution in [0.15, 0.2) is 35.3 Å². The zero-order chi connectivity index (χ0) is 12.5. The van der Waals surface area contributed by atoms with Gasteiger partial charge in [-0.25, -0.2) is 0 Å². The summed E-state index contributed by atoms with van der Waals surface area (Å²) in [5.41, 5.74) is 0.620. The van der Waals surface area contributed by atoms with Crippen molar-refractivity contribution in [3.8, 4) is 5.75 Å². The predicted octanol–water partition coefficient (Wildman–Crippen LogP) is 4.39. The Labute approximate surface area is 111 Å². The monoisotopic (exact) mass is 296 g/mol. The predicted molar refractivity (Wildman–Crippen MR) is 73.7 cm³/mol. The molecule has 0 aliphatic heterocycles. The third-order valence-electron chi connectivity index (χ3n) is 2.42. The Bertz CT molecular complexity index is 374. The van der Waals surface area contributed by atoms with Crippen molar-refractivity contribution >= 4 is 22.2 Å². The van der Waals surface area contributed by atoms with Gasteiger partial charge in [0.15, 0.2) is 6.29 Å². The summed E-state index contributed by atoms with van der Waals surface area (Å²) in [6.45, 7) is 4.38. The van der Waals surface area contributed by atoms with E-state index >= 15 is 0 Å². The van der Waals surface area contributed by atoms with Gasteiger partial charge >= 0.3 is 0 Å². The summed E-state index contributed by atoms with van der Waals surface area (Å²) >= 11 is 3.30. The van der Waals surface area contributed by atoms with E-state index in [1.807, 2.05) is 18.2 Å². The molecule has 0 heterocycles. The second-order valence-electron chi connectivity index (χ2n) is 3.79. The first-order valence-corrected chi connectivity index (χ1v) is 6.55. The number of rotatable bonds is 8. The van der Waals surface area contributed by atoms with Gasteiger partial charge < -0.3 is 4.74 Å². The van der Waals surface area contributed by atoms with Crippen molar-refractivity contribution in [3.63, 3.8) is 0 Å². The van der Waals surface area contributed by atoms with E-state index in [-0.39, 0.29) is 0 Å². The Morgan fingerprint density at radius 2 is 2.12 bits per heavy atom. The molecule has 1 rings (SSSR count). The molecule has 92 valence electrons. The molecule has 2 nitrogen and oxygen atoms in total. The van der Waals surface area contributed by atoms with E-state index in [1.54, 1.807) is 6.07 Å². The molecule has 1 aromatic rings. The Hall–Kier alpha value is -1.09. The number of aldehydes is 1. The van der Waals surface area contributed by atoms with Gasteiger partial charge in [-0.3, -0.25) is 4.79 Å². The van der Waals surface area contributed by atoms with Crippen LogP contribution in [-0.2, 0) is 0 Å². The lowest BCUT2D eigenvalue weighted by Gasteiger charge is -2.07. The van der Waals surface area contributed by atoms with Crippen molar-refractivity contribution in [1.82, 2.24) is 0 Å². The summed E-state index contributed by atoms with van der Waals surface area (Å²) in [5.74, 6) is 0.749. The first kappa shape index (κ1) is 14.0. The molecular weight excluding hydrogens is 280 g/mol.